The fourth-order valence-corrected chi connectivity index (χ4v) is 3.97. The molecule has 3 aromatic rings. The molecule has 0 aliphatic heterocycles. The second-order valence-corrected chi connectivity index (χ2v) is 7.61. The van der Waals surface area contributed by atoms with Gasteiger partial charge in [0.15, 0.2) is 0 Å². The summed E-state index contributed by atoms with van der Waals surface area (Å²) in [5.74, 6) is -0.160. The van der Waals surface area contributed by atoms with Crippen LogP contribution in [0.2, 0.25) is 0 Å². The first-order chi connectivity index (χ1) is 14.6. The van der Waals surface area contributed by atoms with E-state index in [0.717, 1.165) is 15.5 Å². The molecule has 3 N–H and O–H groups in total. The van der Waals surface area contributed by atoms with E-state index in [1.165, 1.54) is 11.8 Å². The standard InChI is InChI=1S/C22H19N4O2PS/c1-24-22(27)18-7-2-3-8-21(18)30-16-10-11-17(20(14-16)26-29-28)19(23)12-9-15-6-4-5-13-25-15/h2-14,23H,1H3,(H,24,27)(H,26,28)/b12-9+,23-19?. The highest BCUT2D eigenvalue weighted by atomic mass is 32.2. The molecular weight excluding hydrogens is 415 g/mol. The Morgan fingerprint density at radius 1 is 1.10 bits per heavy atom. The van der Waals surface area contributed by atoms with Crippen LogP contribution in [-0.4, -0.2) is 23.7 Å². The minimum atomic E-state index is -0.264. The average molecular weight is 434 g/mol. The lowest BCUT2D eigenvalue weighted by molar-refractivity contribution is 0.0960. The summed E-state index contributed by atoms with van der Waals surface area (Å²) in [5, 5.41) is 13.8. The van der Waals surface area contributed by atoms with Gasteiger partial charge in [0.05, 0.1) is 22.7 Å². The Morgan fingerprint density at radius 3 is 2.63 bits per heavy atom. The van der Waals surface area contributed by atoms with Gasteiger partial charge in [-0.15, -0.1) is 0 Å². The Kier molecular flexibility index (Phi) is 7.49. The first-order valence-electron chi connectivity index (χ1n) is 9.02. The van der Waals surface area contributed by atoms with Gasteiger partial charge in [0.2, 0.25) is 0 Å². The number of carbonyl (C=O) groups is 1. The van der Waals surface area contributed by atoms with Crippen LogP contribution in [0.25, 0.3) is 6.08 Å². The van der Waals surface area contributed by atoms with Gasteiger partial charge < -0.3 is 15.8 Å². The zero-order valence-corrected chi connectivity index (χ0v) is 17.8. The Labute approximate surface area is 180 Å². The number of anilines is 1. The largest absolute Gasteiger partial charge is 0.355 e. The van der Waals surface area contributed by atoms with Crippen LogP contribution in [0.5, 0.6) is 0 Å². The van der Waals surface area contributed by atoms with E-state index in [4.69, 9.17) is 5.41 Å². The van der Waals surface area contributed by atoms with Gasteiger partial charge in [0.25, 0.3) is 14.5 Å². The second kappa shape index (κ2) is 10.5. The van der Waals surface area contributed by atoms with E-state index < -0.39 is 0 Å². The molecule has 0 bridgehead atoms. The lowest BCUT2D eigenvalue weighted by atomic mass is 10.1. The number of benzene rings is 2. The molecule has 1 aromatic heterocycles. The quantitative estimate of drug-likeness (QED) is 0.331. The third-order valence-electron chi connectivity index (χ3n) is 4.14. The van der Waals surface area contributed by atoms with Gasteiger partial charge in [-0.25, -0.2) is 4.57 Å². The maximum Gasteiger partial charge on any atom is 0.279 e. The summed E-state index contributed by atoms with van der Waals surface area (Å²) in [7, 11) is 1.33. The number of nitrogens with one attached hydrogen (secondary N) is 3. The predicted molar refractivity (Wildman–Crippen MR) is 122 cm³/mol. The van der Waals surface area contributed by atoms with Crippen molar-refractivity contribution in [3.8, 4) is 0 Å². The molecule has 0 spiro atoms. The van der Waals surface area contributed by atoms with E-state index in [2.05, 4.69) is 15.4 Å². The van der Waals surface area contributed by atoms with Gasteiger partial charge in [0.1, 0.15) is 0 Å². The molecule has 0 fully saturated rings. The van der Waals surface area contributed by atoms with Crippen LogP contribution in [0.1, 0.15) is 21.6 Å². The summed E-state index contributed by atoms with van der Waals surface area (Å²) >= 11 is 1.42. The van der Waals surface area contributed by atoms with Crippen LogP contribution in [-0.2, 0) is 4.57 Å². The molecule has 6 nitrogen and oxygen atoms in total. The van der Waals surface area contributed by atoms with E-state index >= 15 is 0 Å². The topological polar surface area (TPSA) is 94.9 Å². The van der Waals surface area contributed by atoms with Crippen molar-refractivity contribution in [1.82, 2.24) is 10.3 Å². The van der Waals surface area contributed by atoms with E-state index in [1.54, 1.807) is 37.5 Å². The number of allylic oxidation sites excluding steroid dienone is 1. The van der Waals surface area contributed by atoms with E-state index in [0.29, 0.717) is 16.8 Å². The molecule has 2 aromatic carbocycles. The lowest BCUT2D eigenvalue weighted by Crippen LogP contribution is -2.18. The summed E-state index contributed by atoms with van der Waals surface area (Å²) < 4.78 is 11.2. The molecule has 1 amide bonds. The van der Waals surface area contributed by atoms with Gasteiger partial charge in [-0.1, -0.05) is 30.0 Å². The number of carbonyl (C=O) groups excluding carboxylic acids is 1. The van der Waals surface area contributed by atoms with Gasteiger partial charge in [-0.2, -0.15) is 0 Å². The first-order valence-corrected chi connectivity index (χ1v) is 10.6. The van der Waals surface area contributed by atoms with Crippen molar-refractivity contribution >= 4 is 43.8 Å². The normalized spacial score (nSPS) is 10.8. The molecule has 3 rings (SSSR count). The average Bonchev–Trinajstić information content (AvgIpc) is 2.78. The second-order valence-electron chi connectivity index (χ2n) is 6.09. The van der Waals surface area contributed by atoms with Crippen LogP contribution in [0.4, 0.5) is 5.69 Å². The molecular formula is C22H19N4O2PS. The molecule has 0 saturated heterocycles. The zero-order valence-electron chi connectivity index (χ0n) is 16.1. The van der Waals surface area contributed by atoms with Crippen molar-refractivity contribution < 1.29 is 9.36 Å². The monoisotopic (exact) mass is 434 g/mol. The highest BCUT2D eigenvalue weighted by Gasteiger charge is 2.13. The van der Waals surface area contributed by atoms with Crippen LogP contribution in [0.15, 0.2) is 82.7 Å². The fourth-order valence-electron chi connectivity index (χ4n) is 2.70. The molecule has 8 heteroatoms. The Bertz CT molecular complexity index is 1100. The lowest BCUT2D eigenvalue weighted by Gasteiger charge is -2.11. The van der Waals surface area contributed by atoms with E-state index in [9.17, 15) is 9.36 Å². The summed E-state index contributed by atoms with van der Waals surface area (Å²) in [4.78, 5) is 18.0. The van der Waals surface area contributed by atoms with Crippen LogP contribution in [0, 0.1) is 5.41 Å². The number of hydrogen-bond acceptors (Lipinski definition) is 5. The molecule has 30 heavy (non-hydrogen) atoms. The third-order valence-corrected chi connectivity index (χ3v) is 5.54. The Balaban J connectivity index is 1.87. The minimum Gasteiger partial charge on any atom is -0.355 e. The maximum absolute atomic E-state index is 12.1. The molecule has 150 valence electrons. The van der Waals surface area contributed by atoms with Crippen molar-refractivity contribution in [3.63, 3.8) is 0 Å². The molecule has 0 aliphatic carbocycles. The van der Waals surface area contributed by atoms with Crippen LogP contribution in [0.3, 0.4) is 0 Å². The summed E-state index contributed by atoms with van der Waals surface area (Å²) in [6.07, 6.45) is 5.09. The Hall–Kier alpha value is -3.28. The SMILES string of the molecule is CNC(=O)c1ccccc1Sc1ccc(C(=N)/C=C/c2ccccn2)c(NP=O)c1. The molecule has 0 atom stereocenters. The highest BCUT2D eigenvalue weighted by Crippen LogP contribution is 2.34. The Morgan fingerprint density at radius 2 is 1.90 bits per heavy atom. The van der Waals surface area contributed by atoms with Gasteiger partial charge in [-0.05, 0) is 54.6 Å². The fraction of sp³-hybridized carbons (Fsp3) is 0.0455. The highest BCUT2D eigenvalue weighted by molar-refractivity contribution is 7.99. The van der Waals surface area contributed by atoms with E-state index in [-0.39, 0.29) is 20.2 Å². The molecule has 0 aliphatic rings. The molecule has 1 heterocycles. The number of aromatic nitrogens is 1. The van der Waals surface area contributed by atoms with Gasteiger partial charge in [-0.3, -0.25) is 9.78 Å². The van der Waals surface area contributed by atoms with Crippen molar-refractivity contribution in [2.45, 2.75) is 9.79 Å². The number of rotatable bonds is 8. The van der Waals surface area contributed by atoms with Crippen molar-refractivity contribution in [2.24, 2.45) is 0 Å². The number of pyridine rings is 1. The summed E-state index contributed by atoms with van der Waals surface area (Å²) in [5.41, 5.74) is 2.75. The smallest absolute Gasteiger partial charge is 0.279 e. The van der Waals surface area contributed by atoms with E-state index in [1.807, 2.05) is 48.5 Å². The maximum atomic E-state index is 12.1. The van der Waals surface area contributed by atoms with Crippen molar-refractivity contribution in [2.75, 3.05) is 12.1 Å². The first kappa shape index (κ1) is 21.4. The third kappa shape index (κ3) is 5.41. The number of amides is 1. The predicted octanol–water partition coefficient (Wildman–Crippen LogP) is 5.29. The van der Waals surface area contributed by atoms with Crippen molar-refractivity contribution in [1.29, 1.82) is 5.41 Å². The van der Waals surface area contributed by atoms with Crippen LogP contribution < -0.4 is 10.4 Å². The van der Waals surface area contributed by atoms with Crippen LogP contribution >= 0.6 is 20.4 Å². The van der Waals surface area contributed by atoms with Gasteiger partial charge >= 0.3 is 0 Å². The molecule has 0 radical (unpaired) electrons. The van der Waals surface area contributed by atoms with Crippen molar-refractivity contribution in [3.05, 3.63) is 89.8 Å². The van der Waals surface area contributed by atoms with Gasteiger partial charge in [0, 0.05) is 28.6 Å². The number of nitrogens with zero attached hydrogens (tertiary/aromatic N) is 1. The zero-order chi connectivity index (χ0) is 21.3. The minimum absolute atomic E-state index is 0.160. The molecule has 0 unspecified atom stereocenters. The summed E-state index contributed by atoms with van der Waals surface area (Å²) in [6, 6.07) is 18.4. The molecule has 0 saturated carbocycles. The number of hydrogen-bond donors (Lipinski definition) is 3. The summed E-state index contributed by atoms with van der Waals surface area (Å²) in [6.45, 7) is 0.